The molecule has 96 valence electrons. The van der Waals surface area contributed by atoms with E-state index in [-0.39, 0.29) is 0 Å². The molecule has 0 atom stereocenters. The highest BCUT2D eigenvalue weighted by molar-refractivity contribution is 4.79. The quantitative estimate of drug-likeness (QED) is 0.711. The van der Waals surface area contributed by atoms with Gasteiger partial charge in [-0.3, -0.25) is 0 Å². The first-order valence-corrected chi connectivity index (χ1v) is 6.84. The van der Waals surface area contributed by atoms with Gasteiger partial charge in [-0.25, -0.2) is 0 Å². The Kier molecular flexibility index (Phi) is 5.77. The van der Waals surface area contributed by atoms with E-state index in [1.165, 1.54) is 38.8 Å². The standard InChI is InChI=1S/C14H30N2/c1-12(2)10-16(5)14-8-6-13(7-9-14)11-15(3)4/h12-14H,6-11H2,1-5H3. The van der Waals surface area contributed by atoms with Gasteiger partial charge in [0.05, 0.1) is 0 Å². The van der Waals surface area contributed by atoms with Gasteiger partial charge in [0.25, 0.3) is 0 Å². The van der Waals surface area contributed by atoms with Crippen LogP contribution >= 0.6 is 0 Å². The van der Waals surface area contributed by atoms with Gasteiger partial charge >= 0.3 is 0 Å². The molecular formula is C14H30N2. The van der Waals surface area contributed by atoms with Gasteiger partial charge in [-0.2, -0.15) is 0 Å². The number of hydrogen-bond acceptors (Lipinski definition) is 2. The molecule has 0 unspecified atom stereocenters. The van der Waals surface area contributed by atoms with Crippen molar-refractivity contribution < 1.29 is 0 Å². The lowest BCUT2D eigenvalue weighted by Crippen LogP contribution is -2.38. The van der Waals surface area contributed by atoms with Crippen LogP contribution in [0.15, 0.2) is 0 Å². The fourth-order valence-electron chi connectivity index (χ4n) is 3.01. The average molecular weight is 226 g/mol. The van der Waals surface area contributed by atoms with Crippen molar-refractivity contribution in [2.24, 2.45) is 11.8 Å². The maximum atomic E-state index is 2.58. The van der Waals surface area contributed by atoms with Crippen LogP contribution in [-0.4, -0.2) is 50.1 Å². The molecule has 0 spiro atoms. The highest BCUT2D eigenvalue weighted by atomic mass is 15.1. The van der Waals surface area contributed by atoms with Gasteiger partial charge in [-0.15, -0.1) is 0 Å². The number of hydrogen-bond donors (Lipinski definition) is 0. The summed E-state index contributed by atoms with van der Waals surface area (Å²) in [6, 6.07) is 0.848. The van der Waals surface area contributed by atoms with Crippen LogP contribution in [0, 0.1) is 11.8 Å². The monoisotopic (exact) mass is 226 g/mol. The molecule has 16 heavy (non-hydrogen) atoms. The van der Waals surface area contributed by atoms with Crippen molar-refractivity contribution >= 4 is 0 Å². The largest absolute Gasteiger partial charge is 0.309 e. The minimum Gasteiger partial charge on any atom is -0.309 e. The van der Waals surface area contributed by atoms with Crippen molar-refractivity contribution in [1.82, 2.24) is 9.80 Å². The van der Waals surface area contributed by atoms with Crippen molar-refractivity contribution in [3.63, 3.8) is 0 Å². The van der Waals surface area contributed by atoms with Crippen LogP contribution in [0.25, 0.3) is 0 Å². The summed E-state index contributed by atoms with van der Waals surface area (Å²) in [5.74, 6) is 1.74. The first kappa shape index (κ1) is 14.0. The molecule has 1 aliphatic rings. The Morgan fingerprint density at radius 3 is 2.00 bits per heavy atom. The molecule has 0 aromatic rings. The Bertz CT molecular complexity index is 181. The Hall–Kier alpha value is -0.0800. The summed E-state index contributed by atoms with van der Waals surface area (Å²) in [7, 11) is 6.69. The third kappa shape index (κ3) is 4.84. The molecule has 0 aromatic heterocycles. The van der Waals surface area contributed by atoms with E-state index >= 15 is 0 Å². The first-order valence-electron chi connectivity index (χ1n) is 6.84. The minimum atomic E-state index is 0.796. The second-order valence-electron chi connectivity index (χ2n) is 6.27. The molecule has 0 radical (unpaired) electrons. The highest BCUT2D eigenvalue weighted by Crippen LogP contribution is 2.27. The van der Waals surface area contributed by atoms with Crippen molar-refractivity contribution in [2.75, 3.05) is 34.2 Å². The van der Waals surface area contributed by atoms with Crippen LogP contribution < -0.4 is 0 Å². The van der Waals surface area contributed by atoms with Crippen LogP contribution in [-0.2, 0) is 0 Å². The topological polar surface area (TPSA) is 6.48 Å². The predicted molar refractivity (Wildman–Crippen MR) is 71.8 cm³/mol. The zero-order valence-corrected chi connectivity index (χ0v) is 11.9. The summed E-state index contributed by atoms with van der Waals surface area (Å²) in [4.78, 5) is 4.92. The summed E-state index contributed by atoms with van der Waals surface area (Å²) < 4.78 is 0. The predicted octanol–water partition coefficient (Wildman–Crippen LogP) is 2.69. The van der Waals surface area contributed by atoms with E-state index < -0.39 is 0 Å². The second kappa shape index (κ2) is 6.61. The van der Waals surface area contributed by atoms with Gasteiger partial charge in [-0.1, -0.05) is 13.8 Å². The van der Waals surface area contributed by atoms with Crippen molar-refractivity contribution in [2.45, 2.75) is 45.6 Å². The zero-order chi connectivity index (χ0) is 12.1. The molecule has 1 saturated carbocycles. The summed E-state index contributed by atoms with van der Waals surface area (Å²) >= 11 is 0. The molecule has 0 aromatic carbocycles. The maximum absolute atomic E-state index is 2.58. The van der Waals surface area contributed by atoms with E-state index in [1.807, 2.05) is 0 Å². The third-order valence-corrected chi connectivity index (χ3v) is 3.72. The second-order valence-corrected chi connectivity index (χ2v) is 6.27. The molecule has 1 fully saturated rings. The molecule has 0 heterocycles. The number of nitrogens with zero attached hydrogens (tertiary/aromatic N) is 2. The highest BCUT2D eigenvalue weighted by Gasteiger charge is 2.24. The molecular weight excluding hydrogens is 196 g/mol. The lowest BCUT2D eigenvalue weighted by Gasteiger charge is -2.36. The molecule has 0 aliphatic heterocycles. The lowest BCUT2D eigenvalue weighted by molar-refractivity contribution is 0.140. The molecule has 1 aliphatic carbocycles. The fraction of sp³-hybridized carbons (Fsp3) is 1.00. The Labute approximate surface area is 102 Å². The summed E-state index contributed by atoms with van der Waals surface area (Å²) in [5.41, 5.74) is 0. The molecule has 2 heteroatoms. The lowest BCUT2D eigenvalue weighted by atomic mass is 9.85. The molecule has 0 saturated heterocycles. The normalized spacial score (nSPS) is 27.0. The van der Waals surface area contributed by atoms with Crippen LogP contribution in [0.4, 0.5) is 0 Å². The molecule has 0 amide bonds. The van der Waals surface area contributed by atoms with Crippen LogP contribution in [0.2, 0.25) is 0 Å². The average Bonchev–Trinajstić information content (AvgIpc) is 2.16. The molecule has 1 rings (SSSR count). The molecule has 2 nitrogen and oxygen atoms in total. The zero-order valence-electron chi connectivity index (χ0n) is 11.9. The van der Waals surface area contributed by atoms with E-state index in [9.17, 15) is 0 Å². The van der Waals surface area contributed by atoms with E-state index in [4.69, 9.17) is 0 Å². The Morgan fingerprint density at radius 2 is 1.56 bits per heavy atom. The molecule has 0 N–H and O–H groups in total. The van der Waals surface area contributed by atoms with Gasteiger partial charge in [0.1, 0.15) is 0 Å². The SMILES string of the molecule is CC(C)CN(C)C1CCC(CN(C)C)CC1. The van der Waals surface area contributed by atoms with Gasteiger partial charge in [0.2, 0.25) is 0 Å². The van der Waals surface area contributed by atoms with Gasteiger partial charge in [0, 0.05) is 19.1 Å². The first-order chi connectivity index (χ1) is 7.49. The Morgan fingerprint density at radius 1 is 1.00 bits per heavy atom. The van der Waals surface area contributed by atoms with Crippen molar-refractivity contribution in [3.05, 3.63) is 0 Å². The Balaban J connectivity index is 2.25. The maximum Gasteiger partial charge on any atom is 0.00925 e. The van der Waals surface area contributed by atoms with Crippen LogP contribution in [0.1, 0.15) is 39.5 Å². The smallest absolute Gasteiger partial charge is 0.00925 e. The van der Waals surface area contributed by atoms with E-state index in [1.54, 1.807) is 0 Å². The summed E-state index contributed by atoms with van der Waals surface area (Å²) in [6.07, 6.45) is 5.65. The summed E-state index contributed by atoms with van der Waals surface area (Å²) in [5, 5.41) is 0. The van der Waals surface area contributed by atoms with Crippen molar-refractivity contribution in [1.29, 1.82) is 0 Å². The van der Waals surface area contributed by atoms with E-state index in [2.05, 4.69) is 44.8 Å². The van der Waals surface area contributed by atoms with Gasteiger partial charge in [-0.05, 0) is 58.7 Å². The van der Waals surface area contributed by atoms with Crippen LogP contribution in [0.3, 0.4) is 0 Å². The van der Waals surface area contributed by atoms with E-state index in [0.717, 1.165) is 17.9 Å². The van der Waals surface area contributed by atoms with E-state index in [0.29, 0.717) is 0 Å². The minimum absolute atomic E-state index is 0.796. The van der Waals surface area contributed by atoms with Crippen molar-refractivity contribution in [3.8, 4) is 0 Å². The fourth-order valence-corrected chi connectivity index (χ4v) is 3.01. The third-order valence-electron chi connectivity index (χ3n) is 3.72. The van der Waals surface area contributed by atoms with Gasteiger partial charge in [0.15, 0.2) is 0 Å². The molecule has 0 bridgehead atoms. The summed E-state index contributed by atoms with van der Waals surface area (Å²) in [6.45, 7) is 7.16. The van der Waals surface area contributed by atoms with Crippen LogP contribution in [0.5, 0.6) is 0 Å². The van der Waals surface area contributed by atoms with Gasteiger partial charge < -0.3 is 9.80 Å². The number of rotatable bonds is 5.